The Labute approximate surface area is 287 Å². The molecule has 0 bridgehead atoms. The molecule has 234 valence electrons. The first-order chi connectivity index (χ1) is 24.8. The first-order valence-electron chi connectivity index (χ1n) is 16.6. The maximum atomic E-state index is 6.69. The molecule has 3 aromatic heterocycles. The van der Waals surface area contributed by atoms with E-state index in [1.165, 1.54) is 0 Å². The molecule has 0 saturated heterocycles. The highest BCUT2D eigenvalue weighted by molar-refractivity contribution is 6.17. The lowest BCUT2D eigenvalue weighted by molar-refractivity contribution is 0.669. The van der Waals surface area contributed by atoms with Gasteiger partial charge in [-0.25, -0.2) is 15.0 Å². The fraction of sp³-hybridized carbons (Fsp3) is 0. The average molecular weight is 642 g/mol. The maximum Gasteiger partial charge on any atom is 0.167 e. The van der Waals surface area contributed by atoms with Crippen molar-refractivity contribution < 1.29 is 8.83 Å². The third kappa shape index (κ3) is 4.67. The molecule has 0 aliphatic carbocycles. The summed E-state index contributed by atoms with van der Waals surface area (Å²) in [5, 5.41) is 4.22. The fourth-order valence-corrected chi connectivity index (χ4v) is 6.95. The van der Waals surface area contributed by atoms with Crippen LogP contribution in [0.2, 0.25) is 0 Å². The summed E-state index contributed by atoms with van der Waals surface area (Å²) < 4.78 is 12.8. The van der Waals surface area contributed by atoms with Gasteiger partial charge >= 0.3 is 0 Å². The Morgan fingerprint density at radius 2 is 0.900 bits per heavy atom. The predicted molar refractivity (Wildman–Crippen MR) is 202 cm³/mol. The molecule has 0 saturated carbocycles. The Morgan fingerprint density at radius 3 is 1.70 bits per heavy atom. The number of fused-ring (bicyclic) bond motifs is 6. The van der Waals surface area contributed by atoms with Crippen LogP contribution in [0, 0.1) is 0 Å². The number of furan rings is 2. The number of benzene rings is 7. The summed E-state index contributed by atoms with van der Waals surface area (Å²) in [4.78, 5) is 15.2. The Bertz CT molecular complexity index is 2870. The predicted octanol–water partition coefficient (Wildman–Crippen LogP) is 12.0. The average Bonchev–Trinajstić information content (AvgIpc) is 3.77. The second-order valence-corrected chi connectivity index (χ2v) is 12.4. The summed E-state index contributed by atoms with van der Waals surface area (Å²) in [5.41, 5.74) is 10.3. The van der Waals surface area contributed by atoms with Gasteiger partial charge in [-0.15, -0.1) is 0 Å². The Kier molecular flexibility index (Phi) is 6.42. The zero-order valence-electron chi connectivity index (χ0n) is 26.7. The summed E-state index contributed by atoms with van der Waals surface area (Å²) in [7, 11) is 0. The summed E-state index contributed by atoms with van der Waals surface area (Å²) >= 11 is 0. The van der Waals surface area contributed by atoms with E-state index in [9.17, 15) is 0 Å². The number of rotatable bonds is 5. The van der Waals surface area contributed by atoms with E-state index in [2.05, 4.69) is 84.9 Å². The maximum absolute atomic E-state index is 6.69. The minimum absolute atomic E-state index is 0.547. The summed E-state index contributed by atoms with van der Waals surface area (Å²) in [6.45, 7) is 0. The van der Waals surface area contributed by atoms with Gasteiger partial charge in [0.1, 0.15) is 22.3 Å². The van der Waals surface area contributed by atoms with Crippen LogP contribution in [0.5, 0.6) is 0 Å². The topological polar surface area (TPSA) is 65.0 Å². The molecule has 7 aromatic carbocycles. The number of para-hydroxylation sites is 2. The molecule has 0 aliphatic heterocycles. The van der Waals surface area contributed by atoms with Crippen LogP contribution in [0.4, 0.5) is 0 Å². The highest BCUT2D eigenvalue weighted by Crippen LogP contribution is 2.43. The third-order valence-corrected chi connectivity index (χ3v) is 9.35. The summed E-state index contributed by atoms with van der Waals surface area (Å²) in [6, 6.07) is 55.7. The lowest BCUT2D eigenvalue weighted by Gasteiger charge is -2.11. The second-order valence-electron chi connectivity index (χ2n) is 12.4. The zero-order chi connectivity index (χ0) is 33.0. The number of hydrogen-bond acceptors (Lipinski definition) is 5. The molecule has 0 atom stereocenters. The van der Waals surface area contributed by atoms with Gasteiger partial charge in [0.2, 0.25) is 0 Å². The van der Waals surface area contributed by atoms with Gasteiger partial charge in [-0.2, -0.15) is 0 Å². The molecule has 0 aliphatic rings. The second kappa shape index (κ2) is 11.4. The van der Waals surface area contributed by atoms with E-state index in [4.69, 9.17) is 23.8 Å². The summed E-state index contributed by atoms with van der Waals surface area (Å²) in [5.74, 6) is 1.74. The van der Waals surface area contributed by atoms with Crippen molar-refractivity contribution in [2.75, 3.05) is 0 Å². The van der Waals surface area contributed by atoms with E-state index in [0.29, 0.717) is 17.5 Å². The van der Waals surface area contributed by atoms with Crippen LogP contribution in [-0.4, -0.2) is 15.0 Å². The quantitative estimate of drug-likeness (QED) is 0.187. The van der Waals surface area contributed by atoms with Gasteiger partial charge in [-0.05, 0) is 58.7 Å². The number of hydrogen-bond donors (Lipinski definition) is 0. The van der Waals surface area contributed by atoms with Crippen LogP contribution in [0.15, 0.2) is 173 Å². The van der Waals surface area contributed by atoms with E-state index in [0.717, 1.165) is 82.8 Å². The third-order valence-electron chi connectivity index (χ3n) is 9.35. The molecule has 0 amide bonds. The van der Waals surface area contributed by atoms with Crippen molar-refractivity contribution in [3.63, 3.8) is 0 Å². The lowest BCUT2D eigenvalue weighted by Crippen LogP contribution is -2.00. The van der Waals surface area contributed by atoms with Gasteiger partial charge in [0, 0.05) is 32.7 Å². The monoisotopic (exact) mass is 641 g/mol. The minimum Gasteiger partial charge on any atom is -0.456 e. The Hall–Kier alpha value is -6.85. The molecule has 5 nitrogen and oxygen atoms in total. The van der Waals surface area contributed by atoms with Gasteiger partial charge < -0.3 is 8.83 Å². The molecule has 10 rings (SSSR count). The van der Waals surface area contributed by atoms with Gasteiger partial charge in [-0.3, -0.25) is 0 Å². The SMILES string of the molecule is c1ccc(-c2cccc(-c3nc(-c4ccccc4)nc(-c4ccc(-c5ccc6oc7ccccc7c6c5)c5c4oc4ccccc45)n3)c2)cc1. The van der Waals surface area contributed by atoms with Crippen LogP contribution in [0.1, 0.15) is 0 Å². The molecule has 0 unspecified atom stereocenters. The molecule has 0 fully saturated rings. The first kappa shape index (κ1) is 28.2. The molecule has 0 radical (unpaired) electrons. The molecule has 3 heterocycles. The van der Waals surface area contributed by atoms with Crippen molar-refractivity contribution in [1.29, 1.82) is 0 Å². The number of aromatic nitrogens is 3. The van der Waals surface area contributed by atoms with Crippen molar-refractivity contribution in [2.45, 2.75) is 0 Å². The van der Waals surface area contributed by atoms with E-state index in [1.807, 2.05) is 78.9 Å². The van der Waals surface area contributed by atoms with Crippen LogP contribution in [0.3, 0.4) is 0 Å². The molecule has 5 heteroatoms. The zero-order valence-corrected chi connectivity index (χ0v) is 26.7. The van der Waals surface area contributed by atoms with E-state index in [1.54, 1.807) is 0 Å². The minimum atomic E-state index is 0.547. The van der Waals surface area contributed by atoms with Crippen LogP contribution in [-0.2, 0) is 0 Å². The van der Waals surface area contributed by atoms with Gasteiger partial charge in [0.05, 0.1) is 5.56 Å². The van der Waals surface area contributed by atoms with E-state index >= 15 is 0 Å². The van der Waals surface area contributed by atoms with Crippen molar-refractivity contribution >= 4 is 43.9 Å². The first-order valence-corrected chi connectivity index (χ1v) is 16.6. The highest BCUT2D eigenvalue weighted by Gasteiger charge is 2.21. The highest BCUT2D eigenvalue weighted by atomic mass is 16.3. The van der Waals surface area contributed by atoms with Crippen LogP contribution < -0.4 is 0 Å². The Balaban J connectivity index is 1.20. The molecular formula is C45H27N3O2. The molecule has 50 heavy (non-hydrogen) atoms. The summed E-state index contributed by atoms with van der Waals surface area (Å²) in [6.07, 6.45) is 0. The smallest absolute Gasteiger partial charge is 0.167 e. The Morgan fingerprint density at radius 1 is 0.320 bits per heavy atom. The van der Waals surface area contributed by atoms with Gasteiger partial charge in [0.15, 0.2) is 17.5 Å². The van der Waals surface area contributed by atoms with Crippen molar-refractivity contribution in [3.8, 4) is 56.4 Å². The van der Waals surface area contributed by atoms with Gasteiger partial charge in [0.25, 0.3) is 0 Å². The number of nitrogens with zero attached hydrogens (tertiary/aromatic N) is 3. The van der Waals surface area contributed by atoms with Crippen molar-refractivity contribution in [3.05, 3.63) is 164 Å². The van der Waals surface area contributed by atoms with Crippen LogP contribution >= 0.6 is 0 Å². The molecular weight excluding hydrogens is 615 g/mol. The van der Waals surface area contributed by atoms with Gasteiger partial charge in [-0.1, -0.05) is 127 Å². The molecule has 0 N–H and O–H groups in total. The normalized spacial score (nSPS) is 11.6. The largest absolute Gasteiger partial charge is 0.456 e. The molecule has 0 spiro atoms. The van der Waals surface area contributed by atoms with E-state index in [-0.39, 0.29) is 0 Å². The van der Waals surface area contributed by atoms with Crippen LogP contribution in [0.25, 0.3) is 100 Å². The standard InChI is InChI=1S/C45H27N3O2/c1-3-12-28(13-4-1)30-16-11-17-32(26-30)44-46-43(29-14-5-2-6-15-29)47-45(48-44)36-24-23-33(41-35-19-8-10-21-39(35)50-42(36)41)31-22-25-40-37(27-31)34-18-7-9-20-38(34)49-40/h1-27H. The van der Waals surface area contributed by atoms with E-state index < -0.39 is 0 Å². The lowest BCUT2D eigenvalue weighted by atomic mass is 9.95. The van der Waals surface area contributed by atoms with Crippen molar-refractivity contribution in [1.82, 2.24) is 15.0 Å². The molecule has 10 aromatic rings. The van der Waals surface area contributed by atoms with Crippen molar-refractivity contribution in [2.24, 2.45) is 0 Å². The fourth-order valence-electron chi connectivity index (χ4n) is 6.95.